The van der Waals surface area contributed by atoms with Crippen molar-refractivity contribution in [2.75, 3.05) is 0 Å². The van der Waals surface area contributed by atoms with Gasteiger partial charge in [0.25, 0.3) is 0 Å². The largest absolute Gasteiger partial charge is 0.361 e. The molecule has 0 saturated carbocycles. The van der Waals surface area contributed by atoms with Crippen molar-refractivity contribution in [3.8, 4) is 0 Å². The Kier molecular flexibility index (Phi) is 1.58. The van der Waals surface area contributed by atoms with Crippen LogP contribution in [0.5, 0.6) is 0 Å². The van der Waals surface area contributed by atoms with Gasteiger partial charge in [0.2, 0.25) is 0 Å². The summed E-state index contributed by atoms with van der Waals surface area (Å²) in [6.45, 7) is 1.86. The van der Waals surface area contributed by atoms with Crippen LogP contribution >= 0.6 is 12.6 Å². The van der Waals surface area contributed by atoms with E-state index in [0.717, 1.165) is 11.5 Å². The van der Waals surface area contributed by atoms with Crippen molar-refractivity contribution in [2.45, 2.75) is 12.7 Å². The number of rotatable bonds is 1. The molecule has 0 radical (unpaired) electrons. The van der Waals surface area contributed by atoms with Gasteiger partial charge in [-0.15, -0.1) is 0 Å². The summed E-state index contributed by atoms with van der Waals surface area (Å²) in [4.78, 5) is 0. The topological polar surface area (TPSA) is 26.0 Å². The molecular formula is C5H7NOS. The van der Waals surface area contributed by atoms with Crippen LogP contribution in [-0.4, -0.2) is 5.16 Å². The number of hydrogen-bond acceptors (Lipinski definition) is 3. The second-order valence-corrected chi connectivity index (χ2v) is 1.90. The maximum absolute atomic E-state index is 4.76. The second kappa shape index (κ2) is 2.22. The Morgan fingerprint density at radius 3 is 2.88 bits per heavy atom. The first-order valence-corrected chi connectivity index (χ1v) is 2.99. The summed E-state index contributed by atoms with van der Waals surface area (Å²) >= 11 is 4.00. The molecule has 1 aromatic heterocycles. The standard InChI is InChI=1S/C5H7NOS/c1-4-2-5(3-8)6-7-4/h2,8H,3H2,1H3. The first-order chi connectivity index (χ1) is 3.83. The van der Waals surface area contributed by atoms with Crippen LogP contribution in [0.3, 0.4) is 0 Å². The van der Waals surface area contributed by atoms with Gasteiger partial charge in [-0.2, -0.15) is 12.6 Å². The van der Waals surface area contributed by atoms with E-state index >= 15 is 0 Å². The van der Waals surface area contributed by atoms with Gasteiger partial charge in [-0.3, -0.25) is 0 Å². The highest BCUT2D eigenvalue weighted by Gasteiger charge is 1.93. The van der Waals surface area contributed by atoms with E-state index in [-0.39, 0.29) is 0 Å². The van der Waals surface area contributed by atoms with Crippen molar-refractivity contribution in [3.05, 3.63) is 17.5 Å². The molecule has 2 nitrogen and oxygen atoms in total. The lowest BCUT2D eigenvalue weighted by molar-refractivity contribution is 0.393. The molecule has 0 unspecified atom stereocenters. The fourth-order valence-corrected chi connectivity index (χ4v) is 0.641. The van der Waals surface area contributed by atoms with E-state index in [1.807, 2.05) is 13.0 Å². The van der Waals surface area contributed by atoms with Crippen molar-refractivity contribution < 1.29 is 4.52 Å². The maximum atomic E-state index is 4.76. The molecule has 0 aliphatic heterocycles. The highest BCUT2D eigenvalue weighted by Crippen LogP contribution is 2.02. The predicted octanol–water partition coefficient (Wildman–Crippen LogP) is 1.41. The molecule has 3 heteroatoms. The van der Waals surface area contributed by atoms with Crippen molar-refractivity contribution in [1.82, 2.24) is 5.16 Å². The fraction of sp³-hybridized carbons (Fsp3) is 0.400. The van der Waals surface area contributed by atoms with Crippen molar-refractivity contribution in [2.24, 2.45) is 0 Å². The maximum Gasteiger partial charge on any atom is 0.133 e. The normalized spacial score (nSPS) is 9.75. The summed E-state index contributed by atoms with van der Waals surface area (Å²) in [5, 5.41) is 3.68. The lowest BCUT2D eigenvalue weighted by Crippen LogP contribution is -1.70. The molecule has 0 bridgehead atoms. The smallest absolute Gasteiger partial charge is 0.133 e. The van der Waals surface area contributed by atoms with Crippen LogP contribution in [0, 0.1) is 6.92 Å². The van der Waals surface area contributed by atoms with Crippen LogP contribution in [0.1, 0.15) is 11.5 Å². The molecule has 0 atom stereocenters. The molecule has 44 valence electrons. The summed E-state index contributed by atoms with van der Waals surface area (Å²) in [5.41, 5.74) is 0.894. The van der Waals surface area contributed by atoms with Crippen molar-refractivity contribution in [1.29, 1.82) is 0 Å². The molecular weight excluding hydrogens is 122 g/mol. The van der Waals surface area contributed by atoms with Crippen molar-refractivity contribution >= 4 is 12.6 Å². The monoisotopic (exact) mass is 129 g/mol. The summed E-state index contributed by atoms with van der Waals surface area (Å²) in [6, 6.07) is 1.87. The lowest BCUT2D eigenvalue weighted by atomic mass is 10.4. The molecule has 0 amide bonds. The molecule has 0 aromatic carbocycles. The Morgan fingerprint density at radius 2 is 2.62 bits per heavy atom. The van der Waals surface area contributed by atoms with E-state index in [2.05, 4.69) is 17.8 Å². The number of hydrogen-bond donors (Lipinski definition) is 1. The van der Waals surface area contributed by atoms with Gasteiger partial charge in [0.05, 0.1) is 5.69 Å². The molecule has 8 heavy (non-hydrogen) atoms. The van der Waals surface area contributed by atoms with Crippen LogP contribution in [0.4, 0.5) is 0 Å². The first-order valence-electron chi connectivity index (χ1n) is 2.36. The molecule has 1 rings (SSSR count). The highest BCUT2D eigenvalue weighted by atomic mass is 32.1. The van der Waals surface area contributed by atoms with Crippen LogP contribution < -0.4 is 0 Å². The summed E-state index contributed by atoms with van der Waals surface area (Å²) in [5.74, 6) is 1.49. The van der Waals surface area contributed by atoms with Gasteiger partial charge in [0.15, 0.2) is 0 Å². The molecule has 0 N–H and O–H groups in total. The van der Waals surface area contributed by atoms with Crippen LogP contribution in [0.15, 0.2) is 10.6 Å². The zero-order chi connectivity index (χ0) is 5.98. The average molecular weight is 129 g/mol. The number of aryl methyl sites for hydroxylation is 1. The molecule has 1 aromatic rings. The highest BCUT2D eigenvalue weighted by molar-refractivity contribution is 7.79. The Labute approximate surface area is 53.3 Å². The third kappa shape index (κ3) is 1.04. The van der Waals surface area contributed by atoms with E-state index in [0.29, 0.717) is 5.75 Å². The minimum Gasteiger partial charge on any atom is -0.361 e. The quantitative estimate of drug-likeness (QED) is 0.580. The fourth-order valence-electron chi connectivity index (χ4n) is 0.492. The average Bonchev–Trinajstić information content (AvgIpc) is 2.14. The van der Waals surface area contributed by atoms with Gasteiger partial charge < -0.3 is 4.52 Å². The second-order valence-electron chi connectivity index (χ2n) is 1.59. The minimum absolute atomic E-state index is 0.650. The van der Waals surface area contributed by atoms with Gasteiger partial charge >= 0.3 is 0 Å². The Bertz CT molecular complexity index is 173. The van der Waals surface area contributed by atoms with Gasteiger partial charge in [-0.1, -0.05) is 5.16 Å². The number of thiol groups is 1. The third-order valence-electron chi connectivity index (χ3n) is 0.839. The molecule has 0 fully saturated rings. The van der Waals surface area contributed by atoms with Gasteiger partial charge in [-0.25, -0.2) is 0 Å². The van der Waals surface area contributed by atoms with Gasteiger partial charge in [-0.05, 0) is 6.92 Å². The van der Waals surface area contributed by atoms with E-state index in [9.17, 15) is 0 Å². The lowest BCUT2D eigenvalue weighted by Gasteiger charge is -1.74. The van der Waals surface area contributed by atoms with E-state index in [1.54, 1.807) is 0 Å². The Hall–Kier alpha value is -0.440. The number of nitrogens with zero attached hydrogens (tertiary/aromatic N) is 1. The molecule has 0 aliphatic carbocycles. The summed E-state index contributed by atoms with van der Waals surface area (Å²) in [6.07, 6.45) is 0. The zero-order valence-electron chi connectivity index (χ0n) is 4.59. The van der Waals surface area contributed by atoms with Crippen molar-refractivity contribution in [3.63, 3.8) is 0 Å². The van der Waals surface area contributed by atoms with Gasteiger partial charge in [0, 0.05) is 11.8 Å². The molecule has 1 heterocycles. The van der Waals surface area contributed by atoms with E-state index in [1.165, 1.54) is 0 Å². The van der Waals surface area contributed by atoms with E-state index < -0.39 is 0 Å². The zero-order valence-corrected chi connectivity index (χ0v) is 5.48. The molecule has 0 saturated heterocycles. The van der Waals surface area contributed by atoms with E-state index in [4.69, 9.17) is 4.52 Å². The molecule has 0 aliphatic rings. The SMILES string of the molecule is Cc1cc(CS)no1. The van der Waals surface area contributed by atoms with Crippen LogP contribution in [-0.2, 0) is 5.75 Å². The third-order valence-corrected chi connectivity index (χ3v) is 1.16. The summed E-state index contributed by atoms with van der Waals surface area (Å²) < 4.78 is 4.76. The van der Waals surface area contributed by atoms with Crippen LogP contribution in [0.25, 0.3) is 0 Å². The minimum atomic E-state index is 0.650. The van der Waals surface area contributed by atoms with Crippen LogP contribution in [0.2, 0.25) is 0 Å². The Morgan fingerprint density at radius 1 is 1.88 bits per heavy atom. The Balaban J connectivity index is 2.84. The number of aromatic nitrogens is 1. The first kappa shape index (κ1) is 5.69. The predicted molar refractivity (Wildman–Crippen MR) is 33.9 cm³/mol. The van der Waals surface area contributed by atoms with Gasteiger partial charge in [0.1, 0.15) is 5.76 Å². The molecule has 0 spiro atoms. The summed E-state index contributed by atoms with van der Waals surface area (Å²) in [7, 11) is 0.